The van der Waals surface area contributed by atoms with Crippen LogP contribution in [0.4, 0.5) is 0 Å². The monoisotopic (exact) mass is 656 g/mol. The van der Waals surface area contributed by atoms with E-state index in [4.69, 9.17) is 18.9 Å². The summed E-state index contributed by atoms with van der Waals surface area (Å²) >= 11 is -0.817. The van der Waals surface area contributed by atoms with Gasteiger partial charge in [-0.1, -0.05) is 0 Å². The Bertz CT molecular complexity index is 924. The molecule has 0 amide bonds. The average molecular weight is 657 g/mol. The van der Waals surface area contributed by atoms with E-state index >= 15 is 0 Å². The van der Waals surface area contributed by atoms with Crippen molar-refractivity contribution >= 4 is 0 Å². The molecule has 0 aromatic rings. The van der Waals surface area contributed by atoms with E-state index in [1.165, 1.54) is 7.11 Å². The van der Waals surface area contributed by atoms with Gasteiger partial charge in [-0.2, -0.15) is 0 Å². The van der Waals surface area contributed by atoms with Gasteiger partial charge in [0.15, 0.2) is 0 Å². The summed E-state index contributed by atoms with van der Waals surface area (Å²) in [5, 5.41) is 48.9. The van der Waals surface area contributed by atoms with Crippen LogP contribution in [-0.2, 0) is 18.9 Å². The number of halogens is 1. The standard InChI is InChI=1S/C27H49IN2O8/c1-14-19-15-11-25(14,33)23(38-9)22(32)27(19,34)16-12-29(30(3,4)5)28-26(15)18(36-7)10-17(31)24(2,13-35-6)21(26)20(16)37-8/h14-23,31-34H,10-13H2,1-9H3/t14?,15-,16-,17-,18+,19+,20+,21-,22+,23?,24+,25-,26?,27+/m1/s1. The van der Waals surface area contributed by atoms with E-state index in [9.17, 15) is 20.4 Å². The molecular weight excluding hydrogens is 607 g/mol. The van der Waals surface area contributed by atoms with Crippen molar-refractivity contribution in [2.45, 2.75) is 71.8 Å². The molecule has 4 N–H and O–H groups in total. The van der Waals surface area contributed by atoms with Gasteiger partial charge in [-0.05, 0) is 0 Å². The van der Waals surface area contributed by atoms with Crippen molar-refractivity contribution in [3.05, 3.63) is 0 Å². The van der Waals surface area contributed by atoms with E-state index in [1.807, 2.05) is 6.92 Å². The van der Waals surface area contributed by atoms with Crippen LogP contribution in [-0.4, -0.2) is 136 Å². The van der Waals surface area contributed by atoms with Crippen LogP contribution in [0.1, 0.15) is 26.7 Å². The Balaban J connectivity index is 1.88. The van der Waals surface area contributed by atoms with E-state index in [-0.39, 0.29) is 29.8 Å². The molecule has 4 saturated carbocycles. The number of hydrogen-bond donors (Lipinski definition) is 4. The molecule has 11 heteroatoms. The molecule has 14 atom stereocenters. The van der Waals surface area contributed by atoms with E-state index in [1.54, 1.807) is 21.3 Å². The van der Waals surface area contributed by atoms with Gasteiger partial charge in [-0.3, -0.25) is 0 Å². The Morgan fingerprint density at radius 1 is 1.00 bits per heavy atom. The molecule has 10 nitrogen and oxygen atoms in total. The fourth-order valence-corrected chi connectivity index (χ4v) is 15.1. The molecule has 3 unspecified atom stereocenters. The third-order valence-corrected chi connectivity index (χ3v) is 16.6. The van der Waals surface area contributed by atoms with Crippen LogP contribution in [0.15, 0.2) is 0 Å². The van der Waals surface area contributed by atoms with Crippen LogP contribution < -0.4 is 21.5 Å². The molecule has 0 aromatic heterocycles. The van der Waals surface area contributed by atoms with Crippen molar-refractivity contribution in [2.75, 3.05) is 62.7 Å². The molecule has 0 spiro atoms. The third kappa shape index (κ3) is 3.47. The van der Waals surface area contributed by atoms with Gasteiger partial charge in [0, 0.05) is 0 Å². The number of methoxy groups -OCH3 is 4. The van der Waals surface area contributed by atoms with Crippen LogP contribution in [0.2, 0.25) is 0 Å². The molecular formula is C27H49IN2O8. The van der Waals surface area contributed by atoms with E-state index < -0.39 is 71.9 Å². The Labute approximate surface area is 237 Å². The molecule has 5 fully saturated rings. The summed E-state index contributed by atoms with van der Waals surface area (Å²) in [6.45, 7) is 4.94. The number of nitrogens with zero attached hydrogens (tertiary/aromatic N) is 2. The Hall–Kier alpha value is 0.330. The molecule has 38 heavy (non-hydrogen) atoms. The summed E-state index contributed by atoms with van der Waals surface area (Å²) in [5.74, 6) is -1.59. The number of rotatable bonds is 6. The summed E-state index contributed by atoms with van der Waals surface area (Å²) < 4.78 is 26.9. The van der Waals surface area contributed by atoms with Crippen molar-refractivity contribution in [3.8, 4) is 0 Å². The zero-order chi connectivity index (χ0) is 28.2. The molecule has 4 bridgehead atoms. The van der Waals surface area contributed by atoms with Crippen LogP contribution in [0.25, 0.3) is 0 Å². The van der Waals surface area contributed by atoms with Crippen LogP contribution in [0.5, 0.6) is 0 Å². The fraction of sp³-hybridized carbons (Fsp3) is 1.00. The minimum atomic E-state index is -1.58. The second-order valence-corrected chi connectivity index (χ2v) is 17.1. The number of quaternary nitrogens is 1. The first kappa shape index (κ1) is 29.8. The van der Waals surface area contributed by atoms with Gasteiger partial charge < -0.3 is 0 Å². The normalized spacial score (nSPS) is 56.7. The molecule has 1 saturated heterocycles. The Morgan fingerprint density at radius 3 is 2.18 bits per heavy atom. The quantitative estimate of drug-likeness (QED) is 0.0999. The summed E-state index contributed by atoms with van der Waals surface area (Å²) in [6, 6.07) is 0. The molecule has 4 aliphatic carbocycles. The number of hydrogen-bond acceptors (Lipinski definition) is 9. The molecule has 5 aliphatic rings. The number of aliphatic hydroxyl groups excluding tert-OH is 2. The van der Waals surface area contributed by atoms with E-state index in [2.05, 4.69) is 31.3 Å². The topological polar surface area (TPSA) is 121 Å². The second-order valence-electron chi connectivity index (χ2n) is 13.7. The predicted octanol–water partition coefficient (Wildman–Crippen LogP) is -3.52. The number of fused-ring (bicyclic) bond motifs is 3. The molecule has 222 valence electrons. The fourth-order valence-electron chi connectivity index (χ4n) is 9.74. The van der Waals surface area contributed by atoms with Crippen molar-refractivity contribution in [1.29, 1.82) is 0 Å². The first-order chi connectivity index (χ1) is 17.6. The Morgan fingerprint density at radius 2 is 1.66 bits per heavy atom. The predicted molar refractivity (Wildman–Crippen MR) is 134 cm³/mol. The van der Waals surface area contributed by atoms with E-state index in [0.29, 0.717) is 30.6 Å². The number of alkyl halides is 1. The number of aliphatic hydroxyl groups is 4. The van der Waals surface area contributed by atoms with E-state index in [0.717, 1.165) is 0 Å². The zero-order valence-corrected chi connectivity index (χ0v) is 26.5. The van der Waals surface area contributed by atoms with Crippen molar-refractivity contribution in [1.82, 2.24) is 3.22 Å². The first-order valence-electron chi connectivity index (χ1n) is 13.8. The summed E-state index contributed by atoms with van der Waals surface area (Å²) in [5.41, 5.74) is -3.56. The van der Waals surface area contributed by atoms with Crippen LogP contribution in [0, 0.1) is 35.0 Å². The van der Waals surface area contributed by atoms with Gasteiger partial charge in [0.2, 0.25) is 0 Å². The average Bonchev–Trinajstić information content (AvgIpc) is 2.95. The molecule has 0 aromatic carbocycles. The van der Waals surface area contributed by atoms with Gasteiger partial charge in [-0.15, -0.1) is 0 Å². The zero-order valence-electron chi connectivity index (χ0n) is 24.3. The SMILES string of the molecule is COC[C@@]1(C)[C@H](O)C[C@H](OC)C23[I-]N([N+](C)(C)C)C[C@H]([C@H](OC)[C@@H]21)[C@@]1(O)[C@@H](O)C(OC)[C@@]2(O)C[C@@H]3[C@@H]1C2C. The van der Waals surface area contributed by atoms with Crippen LogP contribution in [0.3, 0.4) is 0 Å². The number of ether oxygens (including phenoxy) is 4. The third-order valence-electron chi connectivity index (χ3n) is 11.4. The molecule has 1 aliphatic heterocycles. The minimum absolute atomic E-state index is 0.175. The Kier molecular flexibility index (Phi) is 7.39. The first-order valence-corrected chi connectivity index (χ1v) is 15.8. The van der Waals surface area contributed by atoms with Gasteiger partial charge in [0.25, 0.3) is 0 Å². The molecule has 0 radical (unpaired) electrons. The second kappa shape index (κ2) is 9.42. The van der Waals surface area contributed by atoms with Crippen molar-refractivity contribution in [2.24, 2.45) is 35.0 Å². The van der Waals surface area contributed by atoms with Crippen molar-refractivity contribution in [3.63, 3.8) is 0 Å². The van der Waals surface area contributed by atoms with Crippen LogP contribution >= 0.6 is 0 Å². The van der Waals surface area contributed by atoms with Gasteiger partial charge in [0.05, 0.1) is 0 Å². The molecule has 5 rings (SSSR count). The van der Waals surface area contributed by atoms with Crippen molar-refractivity contribution < 1.29 is 65.4 Å². The maximum absolute atomic E-state index is 13.0. The van der Waals surface area contributed by atoms with Gasteiger partial charge >= 0.3 is 238 Å². The summed E-state index contributed by atoms with van der Waals surface area (Å²) in [4.78, 5) is 0. The maximum atomic E-state index is 13.0. The van der Waals surface area contributed by atoms with Gasteiger partial charge in [-0.25, -0.2) is 0 Å². The molecule has 1 heterocycles. The summed E-state index contributed by atoms with van der Waals surface area (Å²) in [7, 11) is 13.0. The summed E-state index contributed by atoms with van der Waals surface area (Å²) in [6.07, 6.45) is -2.90. The van der Waals surface area contributed by atoms with Gasteiger partial charge in [0.1, 0.15) is 0 Å².